The number of fused-ring (bicyclic) bond motifs is 1. The first kappa shape index (κ1) is 14.1. The lowest BCUT2D eigenvalue weighted by Crippen LogP contribution is -1.96. The van der Waals surface area contributed by atoms with E-state index in [4.69, 9.17) is 0 Å². The Labute approximate surface area is 129 Å². The summed E-state index contributed by atoms with van der Waals surface area (Å²) in [4.78, 5) is 1.27. The van der Waals surface area contributed by atoms with E-state index < -0.39 is 0 Å². The highest BCUT2D eigenvalue weighted by atomic mass is 32.2. The lowest BCUT2D eigenvalue weighted by Gasteiger charge is -2.09. The fourth-order valence-corrected chi connectivity index (χ4v) is 3.25. The maximum Gasteiger partial charge on any atom is 0.0734 e. The molecule has 0 aliphatic carbocycles. The van der Waals surface area contributed by atoms with E-state index >= 15 is 0 Å². The van der Waals surface area contributed by atoms with Gasteiger partial charge in [0.15, 0.2) is 0 Å². The fourth-order valence-electron chi connectivity index (χ4n) is 2.35. The number of aromatic nitrogens is 2. The minimum absolute atomic E-state index is 0.393. The van der Waals surface area contributed by atoms with Gasteiger partial charge >= 0.3 is 0 Å². The standard InChI is InChI=1S/C18H18N2S/c1-13(2)18-17-9-8-16(10-15(17)11-19-20-18)21-12-14-6-4-3-5-7-14/h3-11,13H,12H2,1-2H3. The first-order chi connectivity index (χ1) is 10.2. The number of hydrogen-bond donors (Lipinski definition) is 0. The van der Waals surface area contributed by atoms with Crippen molar-refractivity contribution in [1.29, 1.82) is 0 Å². The van der Waals surface area contributed by atoms with Gasteiger partial charge in [-0.15, -0.1) is 11.8 Å². The molecule has 1 heterocycles. The second kappa shape index (κ2) is 6.27. The predicted molar refractivity (Wildman–Crippen MR) is 89.6 cm³/mol. The summed E-state index contributed by atoms with van der Waals surface area (Å²) in [7, 11) is 0. The molecular weight excluding hydrogens is 276 g/mol. The van der Waals surface area contributed by atoms with E-state index in [1.807, 2.05) is 18.0 Å². The molecule has 3 heteroatoms. The Morgan fingerprint density at radius 3 is 2.62 bits per heavy atom. The van der Waals surface area contributed by atoms with Crippen LogP contribution in [0.25, 0.3) is 10.8 Å². The minimum atomic E-state index is 0.393. The molecule has 0 bridgehead atoms. The summed E-state index contributed by atoms with van der Waals surface area (Å²) in [5, 5.41) is 10.8. The molecule has 106 valence electrons. The molecule has 2 nitrogen and oxygen atoms in total. The van der Waals surface area contributed by atoms with Crippen molar-refractivity contribution < 1.29 is 0 Å². The first-order valence-electron chi connectivity index (χ1n) is 7.16. The molecule has 0 saturated heterocycles. The quantitative estimate of drug-likeness (QED) is 0.630. The summed E-state index contributed by atoms with van der Waals surface area (Å²) >= 11 is 1.85. The Hall–Kier alpha value is -1.87. The molecule has 0 unspecified atom stereocenters. The number of thioether (sulfide) groups is 1. The molecule has 0 radical (unpaired) electrons. The van der Waals surface area contributed by atoms with Crippen LogP contribution < -0.4 is 0 Å². The Morgan fingerprint density at radius 1 is 1.05 bits per heavy atom. The molecular formula is C18H18N2S. The summed E-state index contributed by atoms with van der Waals surface area (Å²) in [6.45, 7) is 4.31. The van der Waals surface area contributed by atoms with Gasteiger partial charge in [0, 0.05) is 21.4 Å². The fraction of sp³-hybridized carbons (Fsp3) is 0.222. The second-order valence-electron chi connectivity index (χ2n) is 5.41. The molecule has 0 aliphatic heterocycles. The Bertz CT molecular complexity index is 739. The first-order valence-corrected chi connectivity index (χ1v) is 8.14. The summed E-state index contributed by atoms with van der Waals surface area (Å²) in [6.07, 6.45) is 1.85. The molecule has 0 saturated carbocycles. The predicted octanol–water partition coefficient (Wildman–Crippen LogP) is 5.05. The average Bonchev–Trinajstić information content (AvgIpc) is 2.53. The smallest absolute Gasteiger partial charge is 0.0734 e. The molecule has 0 amide bonds. The number of rotatable bonds is 4. The van der Waals surface area contributed by atoms with Crippen molar-refractivity contribution in [3.05, 3.63) is 66.0 Å². The topological polar surface area (TPSA) is 25.8 Å². The van der Waals surface area contributed by atoms with Crippen molar-refractivity contribution in [2.24, 2.45) is 0 Å². The van der Waals surface area contributed by atoms with Crippen molar-refractivity contribution in [2.75, 3.05) is 0 Å². The van der Waals surface area contributed by atoms with Crippen molar-refractivity contribution in [3.63, 3.8) is 0 Å². The molecule has 0 atom stereocenters. The molecule has 2 aromatic carbocycles. The number of nitrogens with zero attached hydrogens (tertiary/aromatic N) is 2. The van der Waals surface area contributed by atoms with Crippen LogP contribution in [0.4, 0.5) is 0 Å². The van der Waals surface area contributed by atoms with Crippen LogP contribution in [-0.4, -0.2) is 10.2 Å². The third-order valence-corrected chi connectivity index (χ3v) is 4.52. The summed E-state index contributed by atoms with van der Waals surface area (Å²) in [5.41, 5.74) is 2.42. The van der Waals surface area contributed by atoms with Gasteiger partial charge in [-0.1, -0.05) is 50.2 Å². The number of benzene rings is 2. The number of hydrogen-bond acceptors (Lipinski definition) is 3. The molecule has 3 rings (SSSR count). The van der Waals surface area contributed by atoms with Crippen LogP contribution in [0.15, 0.2) is 59.6 Å². The van der Waals surface area contributed by atoms with Crippen LogP contribution in [-0.2, 0) is 5.75 Å². The lowest BCUT2D eigenvalue weighted by atomic mass is 10.0. The SMILES string of the molecule is CC(C)c1nncc2cc(SCc3ccccc3)ccc12. The Morgan fingerprint density at radius 2 is 1.86 bits per heavy atom. The van der Waals surface area contributed by atoms with E-state index in [1.54, 1.807) is 0 Å². The van der Waals surface area contributed by atoms with Crippen LogP contribution in [0.2, 0.25) is 0 Å². The second-order valence-corrected chi connectivity index (χ2v) is 6.46. The van der Waals surface area contributed by atoms with Crippen molar-refractivity contribution in [1.82, 2.24) is 10.2 Å². The van der Waals surface area contributed by atoms with Gasteiger partial charge in [-0.25, -0.2) is 0 Å². The normalized spacial score (nSPS) is 11.2. The monoisotopic (exact) mass is 294 g/mol. The van der Waals surface area contributed by atoms with E-state index in [9.17, 15) is 0 Å². The van der Waals surface area contributed by atoms with Gasteiger partial charge in [-0.3, -0.25) is 0 Å². The zero-order valence-electron chi connectivity index (χ0n) is 12.3. The van der Waals surface area contributed by atoms with Crippen LogP contribution in [0, 0.1) is 0 Å². The van der Waals surface area contributed by atoms with Gasteiger partial charge < -0.3 is 0 Å². The molecule has 1 aromatic heterocycles. The maximum atomic E-state index is 4.27. The van der Waals surface area contributed by atoms with Crippen LogP contribution in [0.5, 0.6) is 0 Å². The zero-order chi connectivity index (χ0) is 14.7. The molecule has 0 fully saturated rings. The Balaban J connectivity index is 1.85. The molecule has 3 aromatic rings. The van der Waals surface area contributed by atoms with E-state index in [0.717, 1.165) is 11.4 Å². The van der Waals surface area contributed by atoms with Crippen molar-refractivity contribution in [3.8, 4) is 0 Å². The average molecular weight is 294 g/mol. The van der Waals surface area contributed by atoms with E-state index in [2.05, 4.69) is 72.6 Å². The zero-order valence-corrected chi connectivity index (χ0v) is 13.1. The van der Waals surface area contributed by atoms with E-state index in [0.29, 0.717) is 5.92 Å². The maximum absolute atomic E-state index is 4.27. The minimum Gasteiger partial charge on any atom is -0.158 e. The molecule has 0 spiro atoms. The van der Waals surface area contributed by atoms with Crippen LogP contribution in [0.3, 0.4) is 0 Å². The lowest BCUT2D eigenvalue weighted by molar-refractivity contribution is 0.799. The van der Waals surface area contributed by atoms with Crippen molar-refractivity contribution >= 4 is 22.5 Å². The van der Waals surface area contributed by atoms with Crippen LogP contribution >= 0.6 is 11.8 Å². The van der Waals surface area contributed by atoms with Gasteiger partial charge in [-0.2, -0.15) is 10.2 Å². The Kier molecular flexibility index (Phi) is 4.20. The summed E-state index contributed by atoms with van der Waals surface area (Å²) in [5.74, 6) is 1.38. The largest absolute Gasteiger partial charge is 0.158 e. The van der Waals surface area contributed by atoms with Gasteiger partial charge in [0.2, 0.25) is 0 Å². The third kappa shape index (κ3) is 3.24. The van der Waals surface area contributed by atoms with Gasteiger partial charge in [0.05, 0.1) is 11.9 Å². The molecule has 0 aliphatic rings. The van der Waals surface area contributed by atoms with Gasteiger partial charge in [0.25, 0.3) is 0 Å². The van der Waals surface area contributed by atoms with Gasteiger partial charge in [0.1, 0.15) is 0 Å². The highest BCUT2D eigenvalue weighted by Gasteiger charge is 2.08. The summed E-state index contributed by atoms with van der Waals surface area (Å²) in [6, 6.07) is 17.1. The molecule has 0 N–H and O–H groups in total. The van der Waals surface area contributed by atoms with Gasteiger partial charge in [-0.05, 0) is 23.6 Å². The summed E-state index contributed by atoms with van der Waals surface area (Å²) < 4.78 is 0. The third-order valence-electron chi connectivity index (χ3n) is 3.46. The van der Waals surface area contributed by atoms with Crippen LogP contribution in [0.1, 0.15) is 31.0 Å². The van der Waals surface area contributed by atoms with E-state index in [-0.39, 0.29) is 0 Å². The van der Waals surface area contributed by atoms with E-state index in [1.165, 1.54) is 21.2 Å². The highest BCUT2D eigenvalue weighted by molar-refractivity contribution is 7.98. The van der Waals surface area contributed by atoms with Crippen molar-refractivity contribution in [2.45, 2.75) is 30.4 Å². The highest BCUT2D eigenvalue weighted by Crippen LogP contribution is 2.28. The molecule has 21 heavy (non-hydrogen) atoms.